The zero-order valence-corrected chi connectivity index (χ0v) is 18.2. The molecule has 0 saturated heterocycles. The minimum absolute atomic E-state index is 0.000364. The lowest BCUT2D eigenvalue weighted by atomic mass is 9.98. The number of aromatic nitrogens is 1. The average molecular weight is 468 g/mol. The lowest BCUT2D eigenvalue weighted by molar-refractivity contribution is 0.0698. The number of carboxylic acid groups (broad SMARTS) is 1. The van der Waals surface area contributed by atoms with Gasteiger partial charge in [0.1, 0.15) is 11.4 Å². The number of aromatic amines is 1. The highest BCUT2D eigenvalue weighted by molar-refractivity contribution is 6.37. The van der Waals surface area contributed by atoms with E-state index >= 15 is 0 Å². The number of Topliss-reactive ketones (excluding diaryl/α,β-unsaturated/α-hetero) is 1. The molecular formula is C21H17Cl3N2O4. The van der Waals surface area contributed by atoms with Crippen molar-refractivity contribution in [1.82, 2.24) is 4.98 Å². The van der Waals surface area contributed by atoms with E-state index in [4.69, 9.17) is 34.8 Å². The number of hydrogen-bond donors (Lipinski definition) is 3. The van der Waals surface area contributed by atoms with Crippen LogP contribution in [0.4, 0.5) is 11.5 Å². The molecule has 0 spiro atoms. The number of carboxylic acids is 1. The van der Waals surface area contributed by atoms with Gasteiger partial charge in [-0.25, -0.2) is 4.79 Å². The summed E-state index contributed by atoms with van der Waals surface area (Å²) in [6.45, 7) is 3.71. The Labute approximate surface area is 186 Å². The number of pyridine rings is 1. The highest BCUT2D eigenvalue weighted by Crippen LogP contribution is 2.31. The molecular weight excluding hydrogens is 451 g/mol. The lowest BCUT2D eigenvalue weighted by Crippen LogP contribution is -2.21. The van der Waals surface area contributed by atoms with Crippen molar-refractivity contribution in [1.29, 1.82) is 0 Å². The van der Waals surface area contributed by atoms with Gasteiger partial charge in [0, 0.05) is 11.4 Å². The molecule has 3 rings (SSSR count). The second-order valence-corrected chi connectivity index (χ2v) is 8.38. The van der Waals surface area contributed by atoms with Crippen molar-refractivity contribution in [3.63, 3.8) is 0 Å². The highest BCUT2D eigenvalue weighted by Gasteiger charge is 2.24. The highest BCUT2D eigenvalue weighted by atomic mass is 35.5. The molecule has 0 aliphatic heterocycles. The van der Waals surface area contributed by atoms with Gasteiger partial charge in [0.2, 0.25) is 5.43 Å². The van der Waals surface area contributed by atoms with Gasteiger partial charge in [0.05, 0.1) is 32.2 Å². The molecule has 6 nitrogen and oxygen atoms in total. The summed E-state index contributed by atoms with van der Waals surface area (Å²) in [4.78, 5) is 40.8. The lowest BCUT2D eigenvalue weighted by Gasteiger charge is -2.16. The Hall–Kier alpha value is -2.54. The molecule has 0 atom stereocenters. The molecule has 1 aromatic heterocycles. The summed E-state index contributed by atoms with van der Waals surface area (Å²) in [5.41, 5.74) is -0.566. The molecule has 0 amide bonds. The number of carbonyl (C=O) groups is 2. The normalized spacial score (nSPS) is 11.1. The first kappa shape index (κ1) is 22.2. The fourth-order valence-electron chi connectivity index (χ4n) is 3.09. The third-order valence-electron chi connectivity index (χ3n) is 4.40. The van der Waals surface area contributed by atoms with Crippen molar-refractivity contribution >= 4 is 69.0 Å². The average Bonchev–Trinajstić information content (AvgIpc) is 2.63. The van der Waals surface area contributed by atoms with Crippen LogP contribution in [0.5, 0.6) is 0 Å². The van der Waals surface area contributed by atoms with Gasteiger partial charge in [-0.05, 0) is 36.2 Å². The molecule has 2 aromatic carbocycles. The Morgan fingerprint density at radius 3 is 2.40 bits per heavy atom. The van der Waals surface area contributed by atoms with Crippen LogP contribution in [0.2, 0.25) is 15.1 Å². The van der Waals surface area contributed by atoms with Gasteiger partial charge in [0.25, 0.3) is 0 Å². The molecule has 3 aromatic rings. The number of fused-ring (bicyclic) bond motifs is 1. The molecule has 3 N–H and O–H groups in total. The number of nitrogens with one attached hydrogen (secondary N) is 2. The molecule has 1 heterocycles. The maximum absolute atomic E-state index is 13.3. The Kier molecular flexibility index (Phi) is 6.41. The number of halogens is 3. The molecule has 0 saturated carbocycles. The topological polar surface area (TPSA) is 99.3 Å². The van der Waals surface area contributed by atoms with Gasteiger partial charge in [-0.1, -0.05) is 48.7 Å². The van der Waals surface area contributed by atoms with Crippen molar-refractivity contribution in [2.24, 2.45) is 5.92 Å². The zero-order chi connectivity index (χ0) is 22.2. The SMILES string of the molecule is CC(C)CC(=O)c1c(Nc2ccc(Cl)cc2Cl)[nH]c2c(C(=O)O)ccc(Cl)c2c1=O. The van der Waals surface area contributed by atoms with E-state index in [0.29, 0.717) is 10.7 Å². The van der Waals surface area contributed by atoms with Gasteiger partial charge < -0.3 is 15.4 Å². The predicted octanol–water partition coefficient (Wildman–Crippen LogP) is 6.16. The molecule has 0 bridgehead atoms. The Morgan fingerprint density at radius 1 is 1.10 bits per heavy atom. The van der Waals surface area contributed by atoms with Crippen LogP contribution in [0.15, 0.2) is 35.1 Å². The summed E-state index contributed by atoms with van der Waals surface area (Å²) < 4.78 is 0. The third kappa shape index (κ3) is 4.31. The van der Waals surface area contributed by atoms with E-state index in [0.717, 1.165) is 0 Å². The number of ketones is 1. The van der Waals surface area contributed by atoms with Gasteiger partial charge in [-0.3, -0.25) is 9.59 Å². The number of hydrogen-bond acceptors (Lipinski definition) is 4. The fourth-order valence-corrected chi connectivity index (χ4v) is 3.79. The summed E-state index contributed by atoms with van der Waals surface area (Å²) in [5.74, 6) is -1.62. The first-order valence-electron chi connectivity index (χ1n) is 8.97. The Bertz CT molecular complexity index is 1240. The standard InChI is InChI=1S/C21H17Cl3N2O4/c1-9(2)7-15(27)17-19(28)16-12(23)5-4-11(21(29)30)18(16)26-20(17)25-14-6-3-10(22)8-13(14)24/h3-6,8-9H,7H2,1-2H3,(H,29,30)(H2,25,26,28). The van der Waals surface area contributed by atoms with E-state index in [1.165, 1.54) is 18.2 Å². The number of aromatic carboxylic acids is 1. The maximum Gasteiger partial charge on any atom is 0.337 e. The molecule has 0 aliphatic carbocycles. The Morgan fingerprint density at radius 2 is 1.80 bits per heavy atom. The number of rotatable bonds is 6. The van der Waals surface area contributed by atoms with Crippen molar-refractivity contribution < 1.29 is 14.7 Å². The zero-order valence-electron chi connectivity index (χ0n) is 16.0. The van der Waals surface area contributed by atoms with Crippen LogP contribution in [0.25, 0.3) is 10.9 Å². The van der Waals surface area contributed by atoms with Gasteiger partial charge in [-0.15, -0.1) is 0 Å². The van der Waals surface area contributed by atoms with Crippen LogP contribution in [0, 0.1) is 5.92 Å². The number of benzene rings is 2. The van der Waals surface area contributed by atoms with E-state index in [1.807, 2.05) is 13.8 Å². The second-order valence-electron chi connectivity index (χ2n) is 7.12. The minimum atomic E-state index is -1.25. The van der Waals surface area contributed by atoms with Crippen LogP contribution in [-0.4, -0.2) is 21.8 Å². The van der Waals surface area contributed by atoms with Crippen LogP contribution in [0.1, 0.15) is 41.0 Å². The smallest absolute Gasteiger partial charge is 0.337 e. The largest absolute Gasteiger partial charge is 0.478 e. The predicted molar refractivity (Wildman–Crippen MR) is 120 cm³/mol. The van der Waals surface area contributed by atoms with E-state index < -0.39 is 17.2 Å². The molecule has 156 valence electrons. The molecule has 0 aliphatic rings. The van der Waals surface area contributed by atoms with Crippen molar-refractivity contribution in [2.75, 3.05) is 5.32 Å². The van der Waals surface area contributed by atoms with Gasteiger partial charge >= 0.3 is 5.97 Å². The van der Waals surface area contributed by atoms with Crippen molar-refractivity contribution in [3.8, 4) is 0 Å². The fraction of sp³-hybridized carbons (Fsp3) is 0.190. The monoisotopic (exact) mass is 466 g/mol. The van der Waals surface area contributed by atoms with Crippen LogP contribution in [0.3, 0.4) is 0 Å². The minimum Gasteiger partial charge on any atom is -0.478 e. The van der Waals surface area contributed by atoms with Crippen LogP contribution < -0.4 is 10.7 Å². The van der Waals surface area contributed by atoms with Crippen LogP contribution >= 0.6 is 34.8 Å². The van der Waals surface area contributed by atoms with Crippen LogP contribution in [-0.2, 0) is 0 Å². The second kappa shape index (κ2) is 8.68. The summed E-state index contributed by atoms with van der Waals surface area (Å²) in [5, 5.41) is 13.1. The summed E-state index contributed by atoms with van der Waals surface area (Å²) >= 11 is 18.3. The van der Waals surface area contributed by atoms with Gasteiger partial charge in [-0.2, -0.15) is 0 Å². The first-order chi connectivity index (χ1) is 14.1. The van der Waals surface area contributed by atoms with E-state index in [9.17, 15) is 19.5 Å². The van der Waals surface area contributed by atoms with E-state index in [2.05, 4.69) is 10.3 Å². The molecule has 9 heteroatoms. The van der Waals surface area contributed by atoms with Gasteiger partial charge in [0.15, 0.2) is 5.78 Å². The maximum atomic E-state index is 13.3. The Balaban J connectivity index is 2.34. The summed E-state index contributed by atoms with van der Waals surface area (Å²) in [6, 6.07) is 7.28. The summed E-state index contributed by atoms with van der Waals surface area (Å²) in [7, 11) is 0. The summed E-state index contributed by atoms with van der Waals surface area (Å²) in [6.07, 6.45) is 0.119. The molecule has 30 heavy (non-hydrogen) atoms. The molecule has 0 fully saturated rings. The quantitative estimate of drug-likeness (QED) is 0.377. The van der Waals surface area contributed by atoms with Crippen molar-refractivity contribution in [3.05, 3.63) is 66.7 Å². The molecule has 0 radical (unpaired) electrons. The number of H-pyrrole nitrogens is 1. The van der Waals surface area contributed by atoms with Crippen molar-refractivity contribution in [2.45, 2.75) is 20.3 Å². The van der Waals surface area contributed by atoms with E-state index in [1.54, 1.807) is 12.1 Å². The molecule has 0 unspecified atom stereocenters. The first-order valence-corrected chi connectivity index (χ1v) is 10.1. The number of anilines is 2. The van der Waals surface area contributed by atoms with E-state index in [-0.39, 0.29) is 50.2 Å². The number of carbonyl (C=O) groups excluding carboxylic acids is 1. The third-order valence-corrected chi connectivity index (χ3v) is 5.27.